The highest BCUT2D eigenvalue weighted by atomic mass is 32.2. The van der Waals surface area contributed by atoms with Crippen LogP contribution in [0.25, 0.3) is 11.0 Å². The third-order valence-electron chi connectivity index (χ3n) is 3.37. The summed E-state index contributed by atoms with van der Waals surface area (Å²) in [6.45, 7) is -1.11. The van der Waals surface area contributed by atoms with Crippen LogP contribution in [0, 0.1) is 0 Å². The molecule has 0 spiro atoms. The van der Waals surface area contributed by atoms with Gasteiger partial charge in [0.2, 0.25) is 5.91 Å². The van der Waals surface area contributed by atoms with Crippen molar-refractivity contribution in [3.8, 4) is 5.75 Å². The summed E-state index contributed by atoms with van der Waals surface area (Å²) < 4.78 is 28.5. The summed E-state index contributed by atoms with van der Waals surface area (Å²) in [5, 5.41) is 3.00. The number of aromatic nitrogens is 2. The molecule has 0 bridgehead atoms. The molecule has 0 aliphatic carbocycles. The second-order valence-corrected chi connectivity index (χ2v) is 6.54. The van der Waals surface area contributed by atoms with E-state index in [0.29, 0.717) is 10.8 Å². The lowest BCUT2D eigenvalue weighted by molar-refractivity contribution is -0.115. The quantitative estimate of drug-likeness (QED) is 0.642. The van der Waals surface area contributed by atoms with Gasteiger partial charge in [-0.05, 0) is 43.3 Å². The van der Waals surface area contributed by atoms with E-state index in [1.165, 1.54) is 36.0 Å². The number of nitrogens with one attached hydrogen (secondary N) is 2. The second kappa shape index (κ2) is 7.52. The normalized spacial score (nSPS) is 12.3. The van der Waals surface area contributed by atoms with Crippen LogP contribution in [0.2, 0.25) is 0 Å². The Kier molecular flexibility index (Phi) is 5.18. The first kappa shape index (κ1) is 17.2. The molecule has 3 aromatic rings. The maximum atomic E-state index is 12.3. The van der Waals surface area contributed by atoms with Crippen LogP contribution in [0.1, 0.15) is 6.92 Å². The van der Waals surface area contributed by atoms with E-state index in [0.717, 1.165) is 11.0 Å². The Hall–Kier alpha value is -2.61. The number of rotatable bonds is 6. The Labute approximate surface area is 146 Å². The average Bonchev–Trinajstić information content (AvgIpc) is 2.98. The van der Waals surface area contributed by atoms with E-state index in [9.17, 15) is 13.6 Å². The smallest absolute Gasteiger partial charge is 0.387 e. The predicted octanol–water partition coefficient (Wildman–Crippen LogP) is 4.28. The number of para-hydroxylation sites is 2. The summed E-state index contributed by atoms with van der Waals surface area (Å²) in [7, 11) is 0. The molecule has 1 atom stereocenters. The van der Waals surface area contributed by atoms with Gasteiger partial charge in [-0.15, -0.1) is 0 Å². The van der Waals surface area contributed by atoms with Gasteiger partial charge in [0.05, 0.1) is 16.3 Å². The summed E-state index contributed by atoms with van der Waals surface area (Å²) in [6, 6.07) is 13.4. The Morgan fingerprint density at radius 3 is 2.60 bits per heavy atom. The highest BCUT2D eigenvalue weighted by Gasteiger charge is 2.17. The van der Waals surface area contributed by atoms with Crippen LogP contribution < -0.4 is 10.1 Å². The number of carbonyl (C=O) groups excluding carboxylic acids is 1. The van der Waals surface area contributed by atoms with E-state index in [2.05, 4.69) is 20.0 Å². The molecular weight excluding hydrogens is 348 g/mol. The van der Waals surface area contributed by atoms with E-state index in [1.807, 2.05) is 24.3 Å². The Balaban J connectivity index is 1.60. The molecule has 5 nitrogen and oxygen atoms in total. The molecule has 1 unspecified atom stereocenters. The zero-order valence-corrected chi connectivity index (χ0v) is 14.0. The number of fused-ring (bicyclic) bond motifs is 1. The van der Waals surface area contributed by atoms with Gasteiger partial charge in [-0.1, -0.05) is 23.9 Å². The summed E-state index contributed by atoms with van der Waals surface area (Å²) in [5.41, 5.74) is 2.25. The fourth-order valence-electron chi connectivity index (χ4n) is 2.17. The molecule has 25 heavy (non-hydrogen) atoms. The molecule has 1 heterocycles. The minimum atomic E-state index is -2.87. The second-order valence-electron chi connectivity index (χ2n) is 5.21. The summed E-state index contributed by atoms with van der Waals surface area (Å²) >= 11 is 1.31. The highest BCUT2D eigenvalue weighted by molar-refractivity contribution is 8.00. The Morgan fingerprint density at radius 2 is 1.92 bits per heavy atom. The number of aromatic amines is 1. The molecular formula is C17H15F2N3O2S. The van der Waals surface area contributed by atoms with Crippen LogP contribution in [-0.4, -0.2) is 27.7 Å². The van der Waals surface area contributed by atoms with E-state index in [-0.39, 0.29) is 11.7 Å². The first-order valence-corrected chi connectivity index (χ1v) is 8.36. The van der Waals surface area contributed by atoms with Crippen LogP contribution in [0.15, 0.2) is 53.7 Å². The van der Waals surface area contributed by atoms with Crippen molar-refractivity contribution in [1.29, 1.82) is 0 Å². The number of nitrogens with zero attached hydrogens (tertiary/aromatic N) is 1. The maximum Gasteiger partial charge on any atom is 0.387 e. The fraction of sp³-hybridized carbons (Fsp3) is 0.176. The molecule has 0 saturated carbocycles. The monoisotopic (exact) mass is 363 g/mol. The van der Waals surface area contributed by atoms with Gasteiger partial charge in [0.25, 0.3) is 0 Å². The minimum absolute atomic E-state index is 0.0395. The number of thioether (sulfide) groups is 1. The van der Waals surface area contributed by atoms with Gasteiger partial charge >= 0.3 is 6.61 Å². The summed E-state index contributed by atoms with van der Waals surface area (Å²) in [6.07, 6.45) is 0. The van der Waals surface area contributed by atoms with Crippen LogP contribution in [0.5, 0.6) is 5.75 Å². The van der Waals surface area contributed by atoms with E-state index in [4.69, 9.17) is 0 Å². The molecule has 0 saturated heterocycles. The van der Waals surface area contributed by atoms with Crippen LogP contribution in [-0.2, 0) is 4.79 Å². The number of hydrogen-bond donors (Lipinski definition) is 2. The lowest BCUT2D eigenvalue weighted by Gasteiger charge is -2.11. The molecule has 8 heteroatoms. The molecule has 1 aromatic heterocycles. The van der Waals surface area contributed by atoms with Gasteiger partial charge in [0, 0.05) is 5.69 Å². The minimum Gasteiger partial charge on any atom is -0.435 e. The van der Waals surface area contributed by atoms with Crippen LogP contribution in [0.4, 0.5) is 14.5 Å². The van der Waals surface area contributed by atoms with Crippen LogP contribution in [0.3, 0.4) is 0 Å². The molecule has 2 aromatic carbocycles. The number of alkyl halides is 2. The number of carbonyl (C=O) groups is 1. The standard InChI is InChI=1S/C17H15F2N3O2S/c1-10(25-17-21-13-4-2-3-5-14(13)22-17)15(23)20-11-6-8-12(9-7-11)24-16(18)19/h2-10,16H,1H3,(H,20,23)(H,21,22). The SMILES string of the molecule is CC(Sc1nc2ccccc2[nH]1)C(=O)Nc1ccc(OC(F)F)cc1. The maximum absolute atomic E-state index is 12.3. The molecule has 0 aliphatic rings. The first-order chi connectivity index (χ1) is 12.0. The van der Waals surface area contributed by atoms with Gasteiger partial charge in [-0.3, -0.25) is 4.79 Å². The van der Waals surface area contributed by atoms with Crippen molar-refractivity contribution >= 4 is 34.4 Å². The number of H-pyrrole nitrogens is 1. The number of benzene rings is 2. The Bertz CT molecular complexity index is 835. The van der Waals surface area contributed by atoms with Crippen molar-refractivity contribution in [2.24, 2.45) is 0 Å². The van der Waals surface area contributed by atoms with Crippen molar-refractivity contribution in [2.45, 2.75) is 23.9 Å². The number of hydrogen-bond acceptors (Lipinski definition) is 4. The van der Waals surface area contributed by atoms with Crippen molar-refractivity contribution in [3.63, 3.8) is 0 Å². The number of halogens is 2. The third kappa shape index (κ3) is 4.48. The highest BCUT2D eigenvalue weighted by Crippen LogP contribution is 2.25. The number of ether oxygens (including phenoxy) is 1. The predicted molar refractivity (Wildman–Crippen MR) is 93.1 cm³/mol. The Morgan fingerprint density at radius 1 is 1.20 bits per heavy atom. The van der Waals surface area contributed by atoms with Crippen LogP contribution >= 0.6 is 11.8 Å². The zero-order valence-electron chi connectivity index (χ0n) is 13.2. The molecule has 1 amide bonds. The lowest BCUT2D eigenvalue weighted by Crippen LogP contribution is -2.22. The molecule has 0 aliphatic heterocycles. The average molecular weight is 363 g/mol. The zero-order chi connectivity index (χ0) is 17.8. The largest absolute Gasteiger partial charge is 0.435 e. The molecule has 130 valence electrons. The molecule has 2 N–H and O–H groups in total. The van der Waals surface area contributed by atoms with Crippen molar-refractivity contribution in [1.82, 2.24) is 9.97 Å². The van der Waals surface area contributed by atoms with Crippen molar-refractivity contribution in [3.05, 3.63) is 48.5 Å². The van der Waals surface area contributed by atoms with Gasteiger partial charge in [-0.2, -0.15) is 8.78 Å². The van der Waals surface area contributed by atoms with E-state index < -0.39 is 11.9 Å². The van der Waals surface area contributed by atoms with Gasteiger partial charge in [-0.25, -0.2) is 4.98 Å². The van der Waals surface area contributed by atoms with Gasteiger partial charge < -0.3 is 15.0 Å². The number of imidazole rings is 1. The molecule has 0 radical (unpaired) electrons. The fourth-order valence-corrected chi connectivity index (χ4v) is 2.99. The third-order valence-corrected chi connectivity index (χ3v) is 4.36. The number of amides is 1. The summed E-state index contributed by atoms with van der Waals surface area (Å²) in [4.78, 5) is 19.8. The summed E-state index contributed by atoms with van der Waals surface area (Å²) in [5.74, 6) is -0.175. The topological polar surface area (TPSA) is 67.0 Å². The van der Waals surface area contributed by atoms with Gasteiger partial charge in [0.15, 0.2) is 5.16 Å². The van der Waals surface area contributed by atoms with Crippen molar-refractivity contribution in [2.75, 3.05) is 5.32 Å². The number of anilines is 1. The van der Waals surface area contributed by atoms with E-state index in [1.54, 1.807) is 6.92 Å². The molecule has 3 rings (SSSR count). The molecule has 0 fully saturated rings. The van der Waals surface area contributed by atoms with Gasteiger partial charge in [0.1, 0.15) is 5.75 Å². The van der Waals surface area contributed by atoms with Crippen molar-refractivity contribution < 1.29 is 18.3 Å². The van der Waals surface area contributed by atoms with E-state index >= 15 is 0 Å². The lowest BCUT2D eigenvalue weighted by atomic mass is 10.3. The first-order valence-electron chi connectivity index (χ1n) is 7.48.